The number of hydrogen-bond acceptors (Lipinski definition) is 10. The third kappa shape index (κ3) is 2.16. The minimum Gasteiger partial charge on any atom is -0.456 e. The summed E-state index contributed by atoms with van der Waals surface area (Å²) in [4.78, 5) is 52.4. The van der Waals surface area contributed by atoms with Crippen molar-refractivity contribution in [1.82, 2.24) is 9.80 Å². The molecule has 5 unspecified atom stereocenters. The first kappa shape index (κ1) is 22.5. The molecule has 2 N–H and O–H groups in total. The van der Waals surface area contributed by atoms with Gasteiger partial charge in [0.1, 0.15) is 5.60 Å². The van der Waals surface area contributed by atoms with E-state index in [0.717, 1.165) is 21.6 Å². The SMILES string of the molecule is CC(=O)OC1C2(CC3N4C(=O)[C@@]5(CO)SS[C@]4(CC31O)C(=O)N5C)OC(C)C(C)(C)C2=O. The highest BCUT2D eigenvalue weighted by atomic mass is 33.1. The predicted molar refractivity (Wildman–Crippen MR) is 113 cm³/mol. The maximum Gasteiger partial charge on any atom is 0.303 e. The molecule has 0 aromatic rings. The molecular weight excluding hydrogens is 460 g/mol. The van der Waals surface area contributed by atoms with Crippen LogP contribution in [0.5, 0.6) is 0 Å². The number of piperazine rings is 1. The van der Waals surface area contributed by atoms with E-state index in [1.54, 1.807) is 20.8 Å². The largest absolute Gasteiger partial charge is 0.456 e. The Hall–Kier alpha value is -1.34. The van der Waals surface area contributed by atoms with Crippen LogP contribution in [-0.2, 0) is 28.7 Å². The van der Waals surface area contributed by atoms with Crippen LogP contribution in [0.25, 0.3) is 0 Å². The Labute approximate surface area is 192 Å². The summed E-state index contributed by atoms with van der Waals surface area (Å²) in [5, 5.41) is 22.1. The van der Waals surface area contributed by atoms with E-state index in [1.165, 1.54) is 23.8 Å². The Morgan fingerprint density at radius 1 is 1.25 bits per heavy atom. The van der Waals surface area contributed by atoms with Gasteiger partial charge in [-0.3, -0.25) is 19.2 Å². The van der Waals surface area contributed by atoms with Gasteiger partial charge in [0, 0.05) is 26.8 Å². The first-order valence-electron chi connectivity index (χ1n) is 10.5. The number of hydrogen-bond donors (Lipinski definition) is 2. The van der Waals surface area contributed by atoms with E-state index in [-0.39, 0.29) is 18.6 Å². The van der Waals surface area contributed by atoms with Gasteiger partial charge in [0.25, 0.3) is 11.8 Å². The normalized spacial score (nSPS) is 48.6. The van der Waals surface area contributed by atoms with Crippen molar-refractivity contribution in [3.05, 3.63) is 0 Å². The highest BCUT2D eigenvalue weighted by molar-refractivity contribution is 8.78. The molecule has 10 nitrogen and oxygen atoms in total. The van der Waals surface area contributed by atoms with Gasteiger partial charge in [0.05, 0.1) is 24.2 Å². The number of aliphatic hydroxyl groups is 2. The van der Waals surface area contributed by atoms with Gasteiger partial charge in [-0.15, -0.1) is 0 Å². The Morgan fingerprint density at radius 2 is 1.91 bits per heavy atom. The molecule has 2 bridgehead atoms. The van der Waals surface area contributed by atoms with Crippen molar-refractivity contribution in [2.24, 2.45) is 5.41 Å². The van der Waals surface area contributed by atoms with E-state index in [9.17, 15) is 29.4 Å². The lowest BCUT2D eigenvalue weighted by Crippen LogP contribution is -2.77. The molecule has 1 aliphatic carbocycles. The maximum atomic E-state index is 13.7. The lowest BCUT2D eigenvalue weighted by atomic mass is 9.76. The summed E-state index contributed by atoms with van der Waals surface area (Å²) in [6.45, 7) is 5.80. The quantitative estimate of drug-likeness (QED) is 0.394. The zero-order valence-corrected chi connectivity index (χ0v) is 20.0. The van der Waals surface area contributed by atoms with Crippen molar-refractivity contribution < 1.29 is 38.9 Å². The monoisotopic (exact) mass is 486 g/mol. The molecule has 0 aromatic heterocycles. The molecule has 32 heavy (non-hydrogen) atoms. The van der Waals surface area contributed by atoms with Gasteiger partial charge >= 0.3 is 5.97 Å². The van der Waals surface area contributed by atoms with Crippen molar-refractivity contribution in [2.45, 2.75) is 79.7 Å². The second kappa shape index (κ2) is 6.21. The maximum absolute atomic E-state index is 13.7. The summed E-state index contributed by atoms with van der Waals surface area (Å²) in [7, 11) is 3.67. The number of carbonyl (C=O) groups excluding carboxylic acids is 4. The van der Waals surface area contributed by atoms with E-state index in [2.05, 4.69) is 0 Å². The highest BCUT2D eigenvalue weighted by Gasteiger charge is 2.84. The number of Topliss-reactive ketones (excluding diaryl/α,β-unsaturated/α-hetero) is 1. The third-order valence-corrected chi connectivity index (χ3v) is 11.7. The van der Waals surface area contributed by atoms with Gasteiger partial charge in [-0.2, -0.15) is 0 Å². The Kier molecular flexibility index (Phi) is 4.35. The Morgan fingerprint density at radius 3 is 2.44 bits per heavy atom. The number of ketones is 1. The third-order valence-electron chi connectivity index (χ3n) is 8.10. The molecule has 6 rings (SSSR count). The molecule has 7 atom stereocenters. The number of rotatable bonds is 2. The molecule has 6 aliphatic rings. The minimum absolute atomic E-state index is 0.106. The number of nitrogens with zero attached hydrogens (tertiary/aromatic N) is 2. The summed E-state index contributed by atoms with van der Waals surface area (Å²) in [6.07, 6.45) is -2.22. The van der Waals surface area contributed by atoms with Crippen LogP contribution in [0.4, 0.5) is 0 Å². The number of ether oxygens (including phenoxy) is 2. The topological polar surface area (TPSA) is 134 Å². The second-order valence-corrected chi connectivity index (χ2v) is 12.7. The van der Waals surface area contributed by atoms with Crippen LogP contribution in [0.3, 0.4) is 0 Å². The van der Waals surface area contributed by atoms with Crippen LogP contribution in [0.15, 0.2) is 0 Å². The van der Waals surface area contributed by atoms with E-state index < -0.39 is 69.0 Å². The zero-order chi connectivity index (χ0) is 23.6. The van der Waals surface area contributed by atoms with Gasteiger partial charge in [-0.25, -0.2) is 0 Å². The first-order valence-corrected chi connectivity index (χ1v) is 12.6. The predicted octanol–water partition coefficient (Wildman–Crippen LogP) is -0.341. The summed E-state index contributed by atoms with van der Waals surface area (Å²) in [5.74, 6) is -1.94. The molecule has 1 saturated carbocycles. The molecule has 0 radical (unpaired) electrons. The van der Waals surface area contributed by atoms with Crippen molar-refractivity contribution in [3.8, 4) is 0 Å². The minimum atomic E-state index is -1.88. The van der Waals surface area contributed by atoms with Crippen LogP contribution in [0.1, 0.15) is 40.5 Å². The van der Waals surface area contributed by atoms with Crippen LogP contribution >= 0.6 is 21.6 Å². The molecule has 2 amide bonds. The number of aliphatic hydroxyl groups excluding tert-OH is 1. The van der Waals surface area contributed by atoms with E-state index >= 15 is 0 Å². The molecule has 5 saturated heterocycles. The number of fused-ring (bicyclic) bond motifs is 3. The van der Waals surface area contributed by atoms with Crippen molar-refractivity contribution >= 4 is 45.2 Å². The Bertz CT molecular complexity index is 975. The fourth-order valence-electron chi connectivity index (χ4n) is 6.10. The summed E-state index contributed by atoms with van der Waals surface area (Å²) in [6, 6.07) is -0.999. The molecule has 5 heterocycles. The van der Waals surface area contributed by atoms with Gasteiger partial charge in [0.2, 0.25) is 4.87 Å². The lowest BCUT2D eigenvalue weighted by molar-refractivity contribution is -0.189. The van der Waals surface area contributed by atoms with Gasteiger partial charge in [-0.05, 0) is 17.7 Å². The first-order chi connectivity index (χ1) is 14.7. The standard InChI is InChI=1S/C20H26N2O8S2/c1-9-16(3,4)12(25)18(30-9)6-11-17(28,13(18)29-10(2)24)7-19-14(26)21(5)20(8-23,32-31-19)15(27)22(11)19/h9,11,13,23,28H,6-8H2,1-5H3/t9?,11?,13?,17?,18?,19-,20-/m1/s1. The van der Waals surface area contributed by atoms with Crippen LogP contribution in [0, 0.1) is 5.41 Å². The summed E-state index contributed by atoms with van der Waals surface area (Å²) < 4.78 is 11.7. The van der Waals surface area contributed by atoms with Gasteiger partial charge in [-0.1, -0.05) is 24.6 Å². The molecule has 5 aliphatic heterocycles. The van der Waals surface area contributed by atoms with Gasteiger partial charge in [0.15, 0.2) is 22.4 Å². The number of likely N-dealkylation sites (N-methyl/N-ethyl adjacent to an activating group) is 1. The second-order valence-electron chi connectivity index (χ2n) is 10.0. The van der Waals surface area contributed by atoms with Gasteiger partial charge < -0.3 is 29.5 Å². The molecule has 0 aromatic carbocycles. The van der Waals surface area contributed by atoms with Crippen LogP contribution in [0.2, 0.25) is 0 Å². The lowest BCUT2D eigenvalue weighted by Gasteiger charge is -2.58. The molecule has 12 heteroatoms. The zero-order valence-electron chi connectivity index (χ0n) is 18.4. The number of carbonyl (C=O) groups is 4. The fourth-order valence-corrected chi connectivity index (χ4v) is 9.75. The smallest absolute Gasteiger partial charge is 0.303 e. The molecule has 2 spiro atoms. The van der Waals surface area contributed by atoms with Crippen molar-refractivity contribution in [2.75, 3.05) is 13.7 Å². The van der Waals surface area contributed by atoms with Crippen LogP contribution in [-0.4, -0.2) is 96.4 Å². The summed E-state index contributed by atoms with van der Waals surface area (Å²) >= 11 is 0. The summed E-state index contributed by atoms with van der Waals surface area (Å²) in [5.41, 5.74) is -4.41. The van der Waals surface area contributed by atoms with Crippen molar-refractivity contribution in [3.63, 3.8) is 0 Å². The van der Waals surface area contributed by atoms with E-state index in [4.69, 9.17) is 9.47 Å². The molecular formula is C20H26N2O8S2. The fraction of sp³-hybridized carbons (Fsp3) is 0.800. The average molecular weight is 487 g/mol. The average Bonchev–Trinajstić information content (AvgIpc) is 3.17. The molecule has 6 fully saturated rings. The van der Waals surface area contributed by atoms with E-state index in [1.807, 2.05) is 0 Å². The Balaban J connectivity index is 1.67. The highest BCUT2D eigenvalue weighted by Crippen LogP contribution is 2.69. The number of amides is 2. The van der Waals surface area contributed by atoms with E-state index in [0.29, 0.717) is 0 Å². The molecule has 176 valence electrons. The van der Waals surface area contributed by atoms with Crippen molar-refractivity contribution in [1.29, 1.82) is 0 Å². The van der Waals surface area contributed by atoms with Crippen LogP contribution < -0.4 is 0 Å². The number of esters is 1.